The van der Waals surface area contributed by atoms with Crippen molar-refractivity contribution >= 4 is 5.96 Å². The van der Waals surface area contributed by atoms with Crippen molar-refractivity contribution in [2.75, 3.05) is 54.5 Å². The predicted molar refractivity (Wildman–Crippen MR) is 119 cm³/mol. The van der Waals surface area contributed by atoms with Crippen LogP contribution in [0.5, 0.6) is 11.5 Å². The lowest BCUT2D eigenvalue weighted by Gasteiger charge is -2.23. The molecule has 160 valence electrons. The lowest BCUT2D eigenvalue weighted by molar-refractivity contribution is 0.269. The second-order valence-electron chi connectivity index (χ2n) is 7.38. The van der Waals surface area contributed by atoms with Crippen LogP contribution in [0.15, 0.2) is 23.2 Å². The molecule has 0 amide bonds. The van der Waals surface area contributed by atoms with Crippen LogP contribution >= 0.6 is 0 Å². The molecule has 1 rings (SSSR count). The highest BCUT2D eigenvalue weighted by Crippen LogP contribution is 2.27. The molecule has 0 unspecified atom stereocenters. The molecule has 0 aliphatic rings. The summed E-state index contributed by atoms with van der Waals surface area (Å²) < 4.78 is 10.7. The van der Waals surface area contributed by atoms with E-state index in [0.29, 0.717) is 6.04 Å². The SMILES string of the molecule is CCNC(=NCCCCN(C)C(C)C)N(C)CCc1ccc(OC)c(OC)c1. The summed E-state index contributed by atoms with van der Waals surface area (Å²) >= 11 is 0. The first kappa shape index (κ1) is 24.1. The van der Waals surface area contributed by atoms with E-state index in [9.17, 15) is 0 Å². The number of likely N-dealkylation sites (N-methyl/N-ethyl adjacent to an activating group) is 1. The van der Waals surface area contributed by atoms with Gasteiger partial charge in [0, 0.05) is 32.7 Å². The largest absolute Gasteiger partial charge is 0.493 e. The van der Waals surface area contributed by atoms with Crippen molar-refractivity contribution in [2.24, 2.45) is 4.99 Å². The van der Waals surface area contributed by atoms with Crippen molar-refractivity contribution in [1.82, 2.24) is 15.1 Å². The van der Waals surface area contributed by atoms with E-state index < -0.39 is 0 Å². The lowest BCUT2D eigenvalue weighted by atomic mass is 10.1. The van der Waals surface area contributed by atoms with Gasteiger partial charge in [0.15, 0.2) is 17.5 Å². The zero-order valence-electron chi connectivity index (χ0n) is 18.9. The van der Waals surface area contributed by atoms with Gasteiger partial charge in [-0.2, -0.15) is 0 Å². The van der Waals surface area contributed by atoms with Crippen molar-refractivity contribution in [1.29, 1.82) is 0 Å². The van der Waals surface area contributed by atoms with Crippen LogP contribution in [0, 0.1) is 0 Å². The Morgan fingerprint density at radius 2 is 1.79 bits per heavy atom. The van der Waals surface area contributed by atoms with Crippen molar-refractivity contribution in [3.05, 3.63) is 23.8 Å². The van der Waals surface area contributed by atoms with Crippen molar-refractivity contribution < 1.29 is 9.47 Å². The minimum atomic E-state index is 0.600. The van der Waals surface area contributed by atoms with E-state index in [0.717, 1.165) is 56.5 Å². The number of methoxy groups -OCH3 is 2. The number of hydrogen-bond donors (Lipinski definition) is 1. The topological polar surface area (TPSA) is 49.3 Å². The van der Waals surface area contributed by atoms with E-state index in [-0.39, 0.29) is 0 Å². The number of ether oxygens (including phenoxy) is 2. The zero-order chi connectivity index (χ0) is 20.9. The van der Waals surface area contributed by atoms with Gasteiger partial charge in [-0.15, -0.1) is 0 Å². The number of benzene rings is 1. The Kier molecular flexibility index (Phi) is 11.4. The van der Waals surface area contributed by atoms with Gasteiger partial charge in [-0.05, 0) is 71.3 Å². The lowest BCUT2D eigenvalue weighted by Crippen LogP contribution is -2.40. The Morgan fingerprint density at radius 1 is 1.07 bits per heavy atom. The smallest absolute Gasteiger partial charge is 0.193 e. The molecule has 0 saturated heterocycles. The molecule has 0 saturated carbocycles. The molecule has 6 nitrogen and oxygen atoms in total. The fourth-order valence-corrected chi connectivity index (χ4v) is 2.82. The first-order valence-electron chi connectivity index (χ1n) is 10.3. The minimum Gasteiger partial charge on any atom is -0.493 e. The molecular weight excluding hydrogens is 352 g/mol. The van der Waals surface area contributed by atoms with Crippen molar-refractivity contribution in [3.8, 4) is 11.5 Å². The Morgan fingerprint density at radius 3 is 2.39 bits per heavy atom. The molecule has 0 atom stereocenters. The molecule has 0 aliphatic heterocycles. The Balaban J connectivity index is 2.54. The van der Waals surface area contributed by atoms with Gasteiger partial charge in [0.05, 0.1) is 14.2 Å². The van der Waals surface area contributed by atoms with Crippen LogP contribution < -0.4 is 14.8 Å². The van der Waals surface area contributed by atoms with Gasteiger partial charge in [-0.1, -0.05) is 6.07 Å². The van der Waals surface area contributed by atoms with E-state index in [1.807, 2.05) is 12.1 Å². The normalized spacial score (nSPS) is 11.8. The number of unbranched alkanes of at least 4 members (excludes halogenated alkanes) is 1. The van der Waals surface area contributed by atoms with Gasteiger partial charge >= 0.3 is 0 Å². The van der Waals surface area contributed by atoms with Gasteiger partial charge in [0.1, 0.15) is 0 Å². The molecule has 0 aromatic heterocycles. The number of aliphatic imine (C=N–C) groups is 1. The third-order valence-electron chi connectivity index (χ3n) is 4.94. The molecule has 0 heterocycles. The molecule has 0 radical (unpaired) electrons. The molecule has 1 N–H and O–H groups in total. The highest BCUT2D eigenvalue weighted by Gasteiger charge is 2.08. The molecule has 6 heteroatoms. The summed E-state index contributed by atoms with van der Waals surface area (Å²) in [6.07, 6.45) is 3.20. The van der Waals surface area contributed by atoms with Crippen LogP contribution in [0.2, 0.25) is 0 Å². The van der Waals surface area contributed by atoms with Gasteiger partial charge in [0.25, 0.3) is 0 Å². The number of guanidine groups is 1. The van der Waals surface area contributed by atoms with E-state index in [1.54, 1.807) is 14.2 Å². The van der Waals surface area contributed by atoms with E-state index in [1.165, 1.54) is 12.0 Å². The fourth-order valence-electron chi connectivity index (χ4n) is 2.82. The molecular formula is C22H40N4O2. The highest BCUT2D eigenvalue weighted by molar-refractivity contribution is 5.79. The van der Waals surface area contributed by atoms with E-state index >= 15 is 0 Å². The van der Waals surface area contributed by atoms with Gasteiger partial charge in [-0.3, -0.25) is 4.99 Å². The Bertz CT molecular complexity index is 590. The minimum absolute atomic E-state index is 0.600. The summed E-state index contributed by atoms with van der Waals surface area (Å²) in [6.45, 7) is 10.3. The Hall–Kier alpha value is -1.95. The summed E-state index contributed by atoms with van der Waals surface area (Å²) in [5.74, 6) is 2.51. The van der Waals surface area contributed by atoms with Gasteiger partial charge in [-0.25, -0.2) is 0 Å². The summed E-state index contributed by atoms with van der Waals surface area (Å²) in [6, 6.07) is 6.69. The third-order valence-corrected chi connectivity index (χ3v) is 4.94. The molecule has 0 bridgehead atoms. The molecule has 1 aromatic carbocycles. The average Bonchev–Trinajstić information content (AvgIpc) is 2.70. The van der Waals surface area contributed by atoms with Crippen LogP contribution in [-0.4, -0.2) is 76.3 Å². The van der Waals surface area contributed by atoms with Crippen LogP contribution in [0.25, 0.3) is 0 Å². The molecule has 0 spiro atoms. The number of rotatable bonds is 12. The molecule has 28 heavy (non-hydrogen) atoms. The zero-order valence-corrected chi connectivity index (χ0v) is 18.9. The number of nitrogens with one attached hydrogen (secondary N) is 1. The van der Waals surface area contributed by atoms with Crippen molar-refractivity contribution in [3.63, 3.8) is 0 Å². The van der Waals surface area contributed by atoms with Crippen molar-refractivity contribution in [2.45, 2.75) is 46.1 Å². The van der Waals surface area contributed by atoms with Gasteiger partial charge < -0.3 is 24.6 Å². The average molecular weight is 393 g/mol. The maximum absolute atomic E-state index is 5.40. The fraction of sp³-hybridized carbons (Fsp3) is 0.682. The second-order valence-corrected chi connectivity index (χ2v) is 7.38. The number of hydrogen-bond acceptors (Lipinski definition) is 4. The van der Waals surface area contributed by atoms with Crippen LogP contribution in [-0.2, 0) is 6.42 Å². The predicted octanol–water partition coefficient (Wildman–Crippen LogP) is 3.26. The monoisotopic (exact) mass is 392 g/mol. The maximum Gasteiger partial charge on any atom is 0.193 e. The Labute approximate surface area is 171 Å². The van der Waals surface area contributed by atoms with Crippen LogP contribution in [0.1, 0.15) is 39.2 Å². The maximum atomic E-state index is 5.40. The van der Waals surface area contributed by atoms with E-state index in [2.05, 4.69) is 56.0 Å². The van der Waals surface area contributed by atoms with E-state index in [4.69, 9.17) is 14.5 Å². The molecule has 1 aromatic rings. The summed E-state index contributed by atoms with van der Waals surface area (Å²) in [5, 5.41) is 3.40. The summed E-state index contributed by atoms with van der Waals surface area (Å²) in [7, 11) is 7.60. The first-order chi connectivity index (χ1) is 13.4. The van der Waals surface area contributed by atoms with Crippen LogP contribution in [0.4, 0.5) is 0 Å². The molecule has 0 fully saturated rings. The first-order valence-corrected chi connectivity index (χ1v) is 10.3. The van der Waals surface area contributed by atoms with Crippen LogP contribution in [0.3, 0.4) is 0 Å². The standard InChI is InChI=1S/C22H40N4O2/c1-8-23-22(24-14-9-10-15-25(4)18(2)3)26(5)16-13-19-11-12-20(27-6)21(17-19)28-7/h11-12,17-18H,8-10,13-16H2,1-7H3,(H,23,24). The summed E-state index contributed by atoms with van der Waals surface area (Å²) in [4.78, 5) is 9.37. The number of nitrogens with zero attached hydrogens (tertiary/aromatic N) is 3. The quantitative estimate of drug-likeness (QED) is 0.336. The second kappa shape index (κ2) is 13.3. The summed E-state index contributed by atoms with van der Waals surface area (Å²) in [5.41, 5.74) is 1.22. The molecule has 0 aliphatic carbocycles. The van der Waals surface area contributed by atoms with Gasteiger partial charge in [0.2, 0.25) is 0 Å². The highest BCUT2D eigenvalue weighted by atomic mass is 16.5. The third kappa shape index (κ3) is 8.38.